The van der Waals surface area contributed by atoms with Gasteiger partial charge in [-0.05, 0) is 43.9 Å². The van der Waals surface area contributed by atoms with E-state index in [1.165, 1.54) is 12.1 Å². The number of carbonyl (C=O) groups excluding carboxylic acids is 1. The first-order chi connectivity index (χ1) is 9.66. The molecule has 22 heavy (non-hydrogen) atoms. The Morgan fingerprint density at radius 1 is 1.27 bits per heavy atom. The first kappa shape index (κ1) is 20.9. The van der Waals surface area contributed by atoms with Gasteiger partial charge in [0.1, 0.15) is 5.82 Å². The Bertz CT molecular complexity index is 474. The Hall–Kier alpha value is -1.13. The maximum Gasteiger partial charge on any atom is 0.232 e. The number of amides is 1. The number of carbonyl (C=O) groups is 1. The van der Waals surface area contributed by atoms with Gasteiger partial charge in [-0.3, -0.25) is 4.79 Å². The second kappa shape index (κ2) is 8.49. The Morgan fingerprint density at radius 3 is 2.23 bits per heavy atom. The van der Waals surface area contributed by atoms with Gasteiger partial charge in [0.25, 0.3) is 0 Å². The molecular formula is C17H28ClFN2O. The van der Waals surface area contributed by atoms with E-state index in [2.05, 4.69) is 13.8 Å². The van der Waals surface area contributed by atoms with Crippen LogP contribution in [0.4, 0.5) is 4.39 Å². The molecule has 0 aromatic heterocycles. The summed E-state index contributed by atoms with van der Waals surface area (Å²) in [5, 5.41) is 0. The summed E-state index contributed by atoms with van der Waals surface area (Å²) < 4.78 is 13.0. The maximum atomic E-state index is 13.0. The topological polar surface area (TPSA) is 46.3 Å². The molecule has 0 radical (unpaired) electrons. The minimum atomic E-state index is -0.676. The molecule has 0 saturated carbocycles. The molecule has 0 heterocycles. The predicted octanol–water partition coefficient (Wildman–Crippen LogP) is 3.36. The van der Waals surface area contributed by atoms with Crippen molar-refractivity contribution in [3.8, 4) is 0 Å². The van der Waals surface area contributed by atoms with Crippen molar-refractivity contribution in [2.45, 2.75) is 45.6 Å². The van der Waals surface area contributed by atoms with Crippen molar-refractivity contribution in [1.29, 1.82) is 0 Å². The van der Waals surface area contributed by atoms with Crippen LogP contribution >= 0.6 is 12.4 Å². The van der Waals surface area contributed by atoms with Gasteiger partial charge in [-0.25, -0.2) is 4.39 Å². The van der Waals surface area contributed by atoms with Crippen LogP contribution in [-0.4, -0.2) is 30.4 Å². The molecule has 126 valence electrons. The van der Waals surface area contributed by atoms with Crippen LogP contribution in [-0.2, 0) is 10.2 Å². The van der Waals surface area contributed by atoms with Gasteiger partial charge in [0, 0.05) is 19.6 Å². The number of likely N-dealkylation sites (N-methyl/N-ethyl adjacent to an activating group) is 1. The normalized spacial score (nSPS) is 12.7. The van der Waals surface area contributed by atoms with E-state index in [0.29, 0.717) is 12.5 Å². The molecular weight excluding hydrogens is 303 g/mol. The van der Waals surface area contributed by atoms with Gasteiger partial charge < -0.3 is 10.6 Å². The number of hydrogen-bond acceptors (Lipinski definition) is 2. The number of benzene rings is 1. The SMILES string of the molecule is CC(C)C(N)CCN(C)C(=O)C(C)(C)c1ccc(F)cc1.Cl. The van der Waals surface area contributed by atoms with Crippen LogP contribution in [0.5, 0.6) is 0 Å². The molecule has 1 atom stereocenters. The number of nitrogens with zero attached hydrogens (tertiary/aromatic N) is 1. The highest BCUT2D eigenvalue weighted by molar-refractivity contribution is 5.87. The van der Waals surface area contributed by atoms with E-state index in [0.717, 1.165) is 12.0 Å². The zero-order valence-corrected chi connectivity index (χ0v) is 14.9. The Balaban J connectivity index is 0.00000441. The second-order valence-corrected chi connectivity index (χ2v) is 6.56. The zero-order valence-electron chi connectivity index (χ0n) is 14.1. The van der Waals surface area contributed by atoms with Gasteiger partial charge in [0.2, 0.25) is 5.91 Å². The van der Waals surface area contributed by atoms with E-state index in [-0.39, 0.29) is 30.2 Å². The molecule has 0 bridgehead atoms. The average molecular weight is 331 g/mol. The summed E-state index contributed by atoms with van der Waals surface area (Å²) in [7, 11) is 1.79. The highest BCUT2D eigenvalue weighted by atomic mass is 35.5. The second-order valence-electron chi connectivity index (χ2n) is 6.56. The van der Waals surface area contributed by atoms with Crippen molar-refractivity contribution in [3.63, 3.8) is 0 Å². The molecule has 0 fully saturated rings. The van der Waals surface area contributed by atoms with Crippen LogP contribution in [0.3, 0.4) is 0 Å². The molecule has 0 aliphatic heterocycles. The smallest absolute Gasteiger partial charge is 0.232 e. The fourth-order valence-electron chi connectivity index (χ4n) is 2.24. The Labute approximate surface area is 139 Å². The average Bonchev–Trinajstić information content (AvgIpc) is 2.43. The third-order valence-corrected chi connectivity index (χ3v) is 4.10. The van der Waals surface area contributed by atoms with Crippen LogP contribution in [0, 0.1) is 11.7 Å². The van der Waals surface area contributed by atoms with E-state index >= 15 is 0 Å². The van der Waals surface area contributed by atoms with Gasteiger partial charge in [0.05, 0.1) is 5.41 Å². The summed E-state index contributed by atoms with van der Waals surface area (Å²) in [6, 6.07) is 6.20. The van der Waals surface area contributed by atoms with Gasteiger partial charge in [0.15, 0.2) is 0 Å². The standard InChI is InChI=1S/C17H27FN2O.ClH/c1-12(2)15(19)10-11-20(5)16(21)17(3,4)13-6-8-14(18)9-7-13;/h6-9,12,15H,10-11,19H2,1-5H3;1H. The fraction of sp³-hybridized carbons (Fsp3) is 0.588. The first-order valence-corrected chi connectivity index (χ1v) is 7.43. The van der Waals surface area contributed by atoms with E-state index in [1.807, 2.05) is 13.8 Å². The van der Waals surface area contributed by atoms with Gasteiger partial charge >= 0.3 is 0 Å². The van der Waals surface area contributed by atoms with Crippen LogP contribution < -0.4 is 5.73 Å². The molecule has 0 aliphatic rings. The van der Waals surface area contributed by atoms with Gasteiger partial charge in [-0.15, -0.1) is 12.4 Å². The highest BCUT2D eigenvalue weighted by Crippen LogP contribution is 2.25. The minimum Gasteiger partial charge on any atom is -0.345 e. The summed E-state index contributed by atoms with van der Waals surface area (Å²) in [6.07, 6.45) is 0.777. The summed E-state index contributed by atoms with van der Waals surface area (Å²) in [5.41, 5.74) is 6.16. The molecule has 1 aromatic rings. The lowest BCUT2D eigenvalue weighted by atomic mass is 9.83. The number of nitrogens with two attached hydrogens (primary N) is 1. The molecule has 1 amide bonds. The summed E-state index contributed by atoms with van der Waals surface area (Å²) in [6.45, 7) is 8.51. The van der Waals surface area contributed by atoms with Crippen molar-refractivity contribution in [2.75, 3.05) is 13.6 Å². The van der Waals surface area contributed by atoms with Crippen LogP contribution in [0.15, 0.2) is 24.3 Å². The fourth-order valence-corrected chi connectivity index (χ4v) is 2.24. The number of rotatable bonds is 6. The first-order valence-electron chi connectivity index (χ1n) is 7.43. The molecule has 1 unspecified atom stereocenters. The van der Waals surface area contributed by atoms with Crippen LogP contribution in [0.25, 0.3) is 0 Å². The molecule has 1 aromatic carbocycles. The third kappa shape index (κ3) is 5.25. The van der Waals surface area contributed by atoms with Crippen molar-refractivity contribution in [1.82, 2.24) is 4.90 Å². The van der Waals surface area contributed by atoms with Gasteiger partial charge in [-0.2, -0.15) is 0 Å². The molecule has 5 heteroatoms. The van der Waals surface area contributed by atoms with E-state index in [4.69, 9.17) is 5.73 Å². The number of hydrogen-bond donors (Lipinski definition) is 1. The van der Waals surface area contributed by atoms with E-state index < -0.39 is 5.41 Å². The highest BCUT2D eigenvalue weighted by Gasteiger charge is 2.32. The van der Waals surface area contributed by atoms with E-state index in [9.17, 15) is 9.18 Å². The van der Waals surface area contributed by atoms with Crippen molar-refractivity contribution < 1.29 is 9.18 Å². The quantitative estimate of drug-likeness (QED) is 0.869. The third-order valence-electron chi connectivity index (χ3n) is 4.10. The van der Waals surface area contributed by atoms with Gasteiger partial charge in [-0.1, -0.05) is 26.0 Å². The lowest BCUT2D eigenvalue weighted by Gasteiger charge is -2.31. The molecule has 0 saturated heterocycles. The molecule has 2 N–H and O–H groups in total. The molecule has 3 nitrogen and oxygen atoms in total. The van der Waals surface area contributed by atoms with E-state index in [1.54, 1.807) is 24.1 Å². The Kier molecular flexibility index (Phi) is 8.05. The largest absolute Gasteiger partial charge is 0.345 e. The number of halogens is 2. The molecule has 1 rings (SSSR count). The van der Waals surface area contributed by atoms with Crippen molar-refractivity contribution >= 4 is 18.3 Å². The van der Waals surface area contributed by atoms with Crippen molar-refractivity contribution in [2.24, 2.45) is 11.7 Å². The van der Waals surface area contributed by atoms with Crippen molar-refractivity contribution in [3.05, 3.63) is 35.6 Å². The minimum absolute atomic E-state index is 0. The zero-order chi connectivity index (χ0) is 16.2. The molecule has 0 spiro atoms. The maximum absolute atomic E-state index is 13.0. The lowest BCUT2D eigenvalue weighted by molar-refractivity contribution is -0.135. The Morgan fingerprint density at radius 2 is 1.77 bits per heavy atom. The molecule has 0 aliphatic carbocycles. The summed E-state index contributed by atoms with van der Waals surface area (Å²) in [4.78, 5) is 14.3. The van der Waals surface area contributed by atoms with Crippen LogP contribution in [0.1, 0.15) is 39.7 Å². The lowest BCUT2D eigenvalue weighted by Crippen LogP contribution is -2.43. The predicted molar refractivity (Wildman–Crippen MR) is 91.7 cm³/mol. The van der Waals surface area contributed by atoms with Crippen LogP contribution in [0.2, 0.25) is 0 Å². The summed E-state index contributed by atoms with van der Waals surface area (Å²) >= 11 is 0. The summed E-state index contributed by atoms with van der Waals surface area (Å²) in [5.74, 6) is 0.127. The monoisotopic (exact) mass is 330 g/mol.